The van der Waals surface area contributed by atoms with Crippen molar-refractivity contribution in [3.63, 3.8) is 0 Å². The second kappa shape index (κ2) is 7.04. The summed E-state index contributed by atoms with van der Waals surface area (Å²) in [6, 6.07) is 0. The van der Waals surface area contributed by atoms with Crippen LogP contribution in [0.3, 0.4) is 0 Å². The molecule has 0 N–H and O–H groups in total. The van der Waals surface area contributed by atoms with Crippen LogP contribution in [-0.2, 0) is 9.53 Å². The second-order valence-electron chi connectivity index (χ2n) is 3.68. The van der Waals surface area contributed by atoms with Gasteiger partial charge in [0, 0.05) is 13.7 Å². The topological polar surface area (TPSA) is 29.5 Å². The average Bonchev–Trinajstić information content (AvgIpc) is 2.04. The number of ether oxygens (including phenoxy) is 1. The summed E-state index contributed by atoms with van der Waals surface area (Å²) >= 11 is 0. The van der Waals surface area contributed by atoms with Crippen molar-refractivity contribution in [1.82, 2.24) is 4.90 Å². The van der Waals surface area contributed by atoms with Gasteiger partial charge in [-0.1, -0.05) is 20.3 Å². The normalized spacial score (nSPS) is 13.3. The molecular weight excluding hydrogens is 166 g/mol. The fraction of sp³-hybridized carbons (Fsp3) is 0.900. The zero-order chi connectivity index (χ0) is 10.3. The predicted molar refractivity (Wildman–Crippen MR) is 53.8 cm³/mol. The SMILES string of the molecule is CCC(C)CN(C)CC(=O)COC. The number of carbonyl (C=O) groups is 1. The van der Waals surface area contributed by atoms with Crippen molar-refractivity contribution >= 4 is 5.78 Å². The maximum absolute atomic E-state index is 11.2. The summed E-state index contributed by atoms with van der Waals surface area (Å²) in [6.45, 7) is 6.06. The number of rotatable bonds is 7. The molecule has 78 valence electrons. The highest BCUT2D eigenvalue weighted by atomic mass is 16.5. The highest BCUT2D eigenvalue weighted by molar-refractivity contribution is 5.81. The van der Waals surface area contributed by atoms with Crippen LogP contribution >= 0.6 is 0 Å². The lowest BCUT2D eigenvalue weighted by molar-refractivity contribution is -0.123. The minimum absolute atomic E-state index is 0.147. The Morgan fingerprint density at radius 2 is 2.15 bits per heavy atom. The molecule has 0 spiro atoms. The third-order valence-electron chi connectivity index (χ3n) is 2.07. The molecule has 0 aromatic rings. The van der Waals surface area contributed by atoms with Crippen LogP contribution in [0, 0.1) is 5.92 Å². The molecule has 0 aromatic carbocycles. The first-order valence-electron chi connectivity index (χ1n) is 4.79. The molecular formula is C10H21NO2. The van der Waals surface area contributed by atoms with E-state index in [1.165, 1.54) is 0 Å². The molecule has 0 bridgehead atoms. The number of likely N-dealkylation sites (N-methyl/N-ethyl adjacent to an activating group) is 1. The number of hydrogen-bond donors (Lipinski definition) is 0. The van der Waals surface area contributed by atoms with Gasteiger partial charge in [0.05, 0.1) is 6.54 Å². The molecule has 0 aromatic heterocycles. The first-order chi connectivity index (χ1) is 6.10. The van der Waals surface area contributed by atoms with Gasteiger partial charge in [-0.2, -0.15) is 0 Å². The summed E-state index contributed by atoms with van der Waals surface area (Å²) in [6.07, 6.45) is 1.16. The number of ketones is 1. The van der Waals surface area contributed by atoms with Crippen molar-refractivity contribution in [3.8, 4) is 0 Å². The molecule has 0 radical (unpaired) electrons. The van der Waals surface area contributed by atoms with Crippen LogP contribution in [0.2, 0.25) is 0 Å². The van der Waals surface area contributed by atoms with Crippen LogP contribution in [0.1, 0.15) is 20.3 Å². The minimum Gasteiger partial charge on any atom is -0.377 e. The lowest BCUT2D eigenvalue weighted by atomic mass is 10.1. The highest BCUT2D eigenvalue weighted by Gasteiger charge is 2.08. The van der Waals surface area contributed by atoms with Gasteiger partial charge < -0.3 is 4.74 Å². The molecule has 0 aliphatic heterocycles. The van der Waals surface area contributed by atoms with Crippen molar-refractivity contribution in [2.24, 2.45) is 5.92 Å². The van der Waals surface area contributed by atoms with Crippen LogP contribution in [0.4, 0.5) is 0 Å². The first kappa shape index (κ1) is 12.6. The summed E-state index contributed by atoms with van der Waals surface area (Å²) in [4.78, 5) is 13.2. The molecule has 0 saturated heterocycles. The van der Waals surface area contributed by atoms with Crippen LogP contribution in [0.25, 0.3) is 0 Å². The molecule has 0 fully saturated rings. The van der Waals surface area contributed by atoms with E-state index in [1.54, 1.807) is 7.11 Å². The van der Waals surface area contributed by atoms with Crippen LogP contribution in [0.15, 0.2) is 0 Å². The predicted octanol–water partition coefficient (Wildman–Crippen LogP) is 1.18. The first-order valence-corrected chi connectivity index (χ1v) is 4.79. The van der Waals surface area contributed by atoms with Gasteiger partial charge in [-0.25, -0.2) is 0 Å². The Bertz CT molecular complexity index is 148. The molecule has 0 heterocycles. The molecule has 3 nitrogen and oxygen atoms in total. The van der Waals surface area contributed by atoms with Gasteiger partial charge in [-0.3, -0.25) is 9.69 Å². The van der Waals surface area contributed by atoms with E-state index in [0.717, 1.165) is 13.0 Å². The third-order valence-corrected chi connectivity index (χ3v) is 2.07. The Labute approximate surface area is 81.1 Å². The summed E-state index contributed by atoms with van der Waals surface area (Å²) in [5.41, 5.74) is 0. The summed E-state index contributed by atoms with van der Waals surface area (Å²) in [5, 5.41) is 0. The fourth-order valence-electron chi connectivity index (χ4n) is 1.23. The maximum Gasteiger partial charge on any atom is 0.172 e. The van der Waals surface area contributed by atoms with E-state index in [1.807, 2.05) is 7.05 Å². The zero-order valence-corrected chi connectivity index (χ0v) is 9.17. The standard InChI is InChI=1S/C10H21NO2/c1-5-9(2)6-11(3)7-10(12)8-13-4/h9H,5-8H2,1-4H3. The lowest BCUT2D eigenvalue weighted by Gasteiger charge is -2.19. The van der Waals surface area contributed by atoms with Gasteiger partial charge in [0.1, 0.15) is 6.61 Å². The van der Waals surface area contributed by atoms with Crippen LogP contribution in [0.5, 0.6) is 0 Å². The van der Waals surface area contributed by atoms with Crippen LogP contribution < -0.4 is 0 Å². The number of methoxy groups -OCH3 is 1. The van der Waals surface area contributed by atoms with Crippen molar-refractivity contribution in [3.05, 3.63) is 0 Å². The smallest absolute Gasteiger partial charge is 0.172 e. The van der Waals surface area contributed by atoms with E-state index in [-0.39, 0.29) is 12.4 Å². The third kappa shape index (κ3) is 6.72. The molecule has 0 aliphatic carbocycles. The monoisotopic (exact) mass is 187 g/mol. The average molecular weight is 187 g/mol. The molecule has 1 unspecified atom stereocenters. The Morgan fingerprint density at radius 1 is 1.54 bits per heavy atom. The van der Waals surface area contributed by atoms with E-state index < -0.39 is 0 Å². The van der Waals surface area contributed by atoms with Crippen molar-refractivity contribution < 1.29 is 9.53 Å². The highest BCUT2D eigenvalue weighted by Crippen LogP contribution is 2.01. The molecule has 3 heteroatoms. The van der Waals surface area contributed by atoms with E-state index in [9.17, 15) is 4.79 Å². The second-order valence-corrected chi connectivity index (χ2v) is 3.68. The van der Waals surface area contributed by atoms with Gasteiger partial charge in [0.25, 0.3) is 0 Å². The molecule has 1 atom stereocenters. The van der Waals surface area contributed by atoms with Gasteiger partial charge in [-0.05, 0) is 13.0 Å². The van der Waals surface area contributed by atoms with Crippen LogP contribution in [-0.4, -0.2) is 44.5 Å². The van der Waals surface area contributed by atoms with E-state index in [2.05, 4.69) is 18.7 Å². The van der Waals surface area contributed by atoms with E-state index in [0.29, 0.717) is 12.5 Å². The summed E-state index contributed by atoms with van der Waals surface area (Å²) in [5.74, 6) is 0.800. The van der Waals surface area contributed by atoms with Crippen molar-refractivity contribution in [2.45, 2.75) is 20.3 Å². The van der Waals surface area contributed by atoms with Crippen molar-refractivity contribution in [1.29, 1.82) is 0 Å². The maximum atomic E-state index is 11.2. The fourth-order valence-corrected chi connectivity index (χ4v) is 1.23. The number of Topliss-reactive ketones (excluding diaryl/α,β-unsaturated/α-hetero) is 1. The molecule has 0 aliphatic rings. The summed E-state index contributed by atoms with van der Waals surface area (Å²) < 4.78 is 4.76. The number of carbonyl (C=O) groups excluding carboxylic acids is 1. The minimum atomic E-state index is 0.147. The quantitative estimate of drug-likeness (QED) is 0.599. The van der Waals surface area contributed by atoms with Gasteiger partial charge in [-0.15, -0.1) is 0 Å². The number of hydrogen-bond acceptors (Lipinski definition) is 3. The number of nitrogens with zero attached hydrogens (tertiary/aromatic N) is 1. The van der Waals surface area contributed by atoms with E-state index in [4.69, 9.17) is 4.74 Å². The Morgan fingerprint density at radius 3 is 2.62 bits per heavy atom. The van der Waals surface area contributed by atoms with Crippen molar-refractivity contribution in [2.75, 3.05) is 33.9 Å². The Kier molecular flexibility index (Phi) is 6.82. The molecule has 0 saturated carbocycles. The zero-order valence-electron chi connectivity index (χ0n) is 9.17. The Balaban J connectivity index is 3.60. The molecule has 0 amide bonds. The van der Waals surface area contributed by atoms with Gasteiger partial charge in [0.15, 0.2) is 5.78 Å². The van der Waals surface area contributed by atoms with Gasteiger partial charge in [0.2, 0.25) is 0 Å². The van der Waals surface area contributed by atoms with Gasteiger partial charge >= 0.3 is 0 Å². The summed E-state index contributed by atoms with van der Waals surface area (Å²) in [7, 11) is 3.52. The lowest BCUT2D eigenvalue weighted by Crippen LogP contribution is -2.31. The largest absolute Gasteiger partial charge is 0.377 e. The van der Waals surface area contributed by atoms with E-state index >= 15 is 0 Å². The molecule has 13 heavy (non-hydrogen) atoms. The Hall–Kier alpha value is -0.410. The molecule has 0 rings (SSSR count).